The Labute approximate surface area is 226 Å². The molecule has 13 nitrogen and oxygen atoms in total. The summed E-state index contributed by atoms with van der Waals surface area (Å²) in [5, 5.41) is 26.2. The monoisotopic (exact) mass is 556 g/mol. The maximum atomic E-state index is 15.2. The van der Waals surface area contributed by atoms with Gasteiger partial charge in [-0.3, -0.25) is 19.8 Å². The molecule has 2 aliphatic heterocycles. The van der Waals surface area contributed by atoms with Gasteiger partial charge in [0.1, 0.15) is 11.8 Å². The summed E-state index contributed by atoms with van der Waals surface area (Å²) >= 11 is 0. The number of cyclic esters (lactones) is 1. The molecule has 1 atom stereocenters. The van der Waals surface area contributed by atoms with Crippen molar-refractivity contribution in [2.75, 3.05) is 36.0 Å². The number of tetrazole rings is 1. The third-order valence-electron chi connectivity index (χ3n) is 6.87. The van der Waals surface area contributed by atoms with Gasteiger partial charge in [0.15, 0.2) is 11.6 Å². The van der Waals surface area contributed by atoms with Crippen molar-refractivity contribution in [2.45, 2.75) is 38.3 Å². The molecule has 0 unspecified atom stereocenters. The highest BCUT2D eigenvalue weighted by Gasteiger charge is 2.34. The summed E-state index contributed by atoms with van der Waals surface area (Å²) in [5.41, 5.74) is 0.458. The average Bonchev–Trinajstić information content (AvgIpc) is 3.47. The lowest BCUT2D eigenvalue weighted by Gasteiger charge is -2.33. The number of nitrogens with zero attached hydrogens (tertiary/aromatic N) is 7. The van der Waals surface area contributed by atoms with Gasteiger partial charge >= 0.3 is 6.09 Å². The molecule has 1 N–H and O–H groups in total. The minimum absolute atomic E-state index is 0.00923. The first-order valence-corrected chi connectivity index (χ1v) is 12.7. The van der Waals surface area contributed by atoms with E-state index in [0.717, 1.165) is 17.0 Å². The number of carbonyl (C=O) groups is 2. The summed E-state index contributed by atoms with van der Waals surface area (Å²) in [6, 6.07) is 2.06. The van der Waals surface area contributed by atoms with Crippen molar-refractivity contribution in [3.8, 4) is 0 Å². The normalized spacial score (nSPS) is 19.7. The van der Waals surface area contributed by atoms with E-state index in [4.69, 9.17) is 4.74 Å². The van der Waals surface area contributed by atoms with Gasteiger partial charge in [-0.1, -0.05) is 6.08 Å². The van der Waals surface area contributed by atoms with Crippen molar-refractivity contribution in [2.24, 2.45) is 0 Å². The van der Waals surface area contributed by atoms with Crippen LogP contribution in [0.15, 0.2) is 42.1 Å². The smallest absolute Gasteiger partial charge is 0.414 e. The number of aromatic nitrogens is 4. The minimum Gasteiger partial charge on any atom is -0.442 e. The zero-order valence-electron chi connectivity index (χ0n) is 21.5. The molecule has 2 saturated heterocycles. The maximum Gasteiger partial charge on any atom is 0.414 e. The second-order valence-corrected chi connectivity index (χ2v) is 9.58. The number of nitro groups is 1. The van der Waals surface area contributed by atoms with Gasteiger partial charge in [0.2, 0.25) is 11.7 Å². The lowest BCUT2D eigenvalue weighted by molar-refractivity contribution is -0.419. The Kier molecular flexibility index (Phi) is 7.53. The number of rotatable bonds is 7. The Bertz CT molecular complexity index is 1410. The largest absolute Gasteiger partial charge is 0.442 e. The zero-order valence-corrected chi connectivity index (χ0v) is 21.5. The summed E-state index contributed by atoms with van der Waals surface area (Å²) < 4.78 is 35.5. The van der Waals surface area contributed by atoms with E-state index < -0.39 is 28.8 Å². The van der Waals surface area contributed by atoms with E-state index in [1.165, 1.54) is 23.9 Å². The first-order chi connectivity index (χ1) is 19.2. The van der Waals surface area contributed by atoms with Crippen LogP contribution in [0.2, 0.25) is 0 Å². The number of benzene rings is 1. The zero-order chi connectivity index (χ0) is 28.4. The fraction of sp³-hybridized carbons (Fsp3) is 0.400. The van der Waals surface area contributed by atoms with Crippen LogP contribution < -0.4 is 15.1 Å². The second kappa shape index (κ2) is 11.2. The summed E-state index contributed by atoms with van der Waals surface area (Å²) in [6.07, 6.45) is 6.23. The molecule has 0 radical (unpaired) electrons. The number of hydrogen-bond donors (Lipinski definition) is 1. The summed E-state index contributed by atoms with van der Waals surface area (Å²) in [5.74, 6) is -1.55. The van der Waals surface area contributed by atoms with Crippen LogP contribution >= 0.6 is 0 Å². The molecular formula is C25H26F2N8O5. The molecule has 3 heterocycles. The van der Waals surface area contributed by atoms with Gasteiger partial charge < -0.3 is 15.0 Å². The maximum absolute atomic E-state index is 15.2. The Morgan fingerprint density at radius 1 is 1.20 bits per heavy atom. The van der Waals surface area contributed by atoms with E-state index in [1.54, 1.807) is 17.1 Å². The van der Waals surface area contributed by atoms with E-state index in [-0.39, 0.29) is 42.1 Å². The topological polar surface area (TPSA) is 149 Å². The van der Waals surface area contributed by atoms with Gasteiger partial charge in [-0.25, -0.2) is 13.6 Å². The van der Waals surface area contributed by atoms with Crippen molar-refractivity contribution in [3.05, 3.63) is 69.7 Å². The van der Waals surface area contributed by atoms with Crippen LogP contribution in [0.25, 0.3) is 5.57 Å². The number of halogens is 2. The van der Waals surface area contributed by atoms with Gasteiger partial charge in [0.25, 0.3) is 5.70 Å². The van der Waals surface area contributed by atoms with Gasteiger partial charge in [-0.05, 0) is 36.6 Å². The highest BCUT2D eigenvalue weighted by atomic mass is 19.1. The lowest BCUT2D eigenvalue weighted by atomic mass is 10.0. The van der Waals surface area contributed by atoms with Crippen molar-refractivity contribution in [3.63, 3.8) is 0 Å². The quantitative estimate of drug-likeness (QED) is 0.401. The minimum atomic E-state index is -0.803. The van der Waals surface area contributed by atoms with E-state index in [2.05, 4.69) is 20.7 Å². The van der Waals surface area contributed by atoms with Crippen LogP contribution in [0.3, 0.4) is 0 Å². The van der Waals surface area contributed by atoms with Crippen LogP contribution in [0.5, 0.6) is 0 Å². The van der Waals surface area contributed by atoms with Crippen LogP contribution in [0, 0.1) is 21.7 Å². The van der Waals surface area contributed by atoms with Crippen LogP contribution in [0.4, 0.5) is 25.0 Å². The van der Waals surface area contributed by atoms with Gasteiger partial charge in [-0.15, -0.1) is 10.2 Å². The summed E-state index contributed by atoms with van der Waals surface area (Å²) in [7, 11) is 0. The van der Waals surface area contributed by atoms with Crippen molar-refractivity contribution < 1.29 is 28.0 Å². The Balaban J connectivity index is 1.22. The van der Waals surface area contributed by atoms with Gasteiger partial charge in [-0.2, -0.15) is 4.80 Å². The number of piperidine rings is 1. The molecule has 2 amide bonds. The van der Waals surface area contributed by atoms with E-state index in [9.17, 15) is 19.7 Å². The van der Waals surface area contributed by atoms with Gasteiger partial charge in [0.05, 0.1) is 29.7 Å². The Morgan fingerprint density at radius 3 is 2.60 bits per heavy atom. The molecular weight excluding hydrogens is 530 g/mol. The number of carbonyl (C=O) groups excluding carboxylic acids is 2. The lowest BCUT2D eigenvalue weighted by Crippen LogP contribution is -2.36. The third-order valence-corrected chi connectivity index (χ3v) is 6.87. The summed E-state index contributed by atoms with van der Waals surface area (Å²) in [4.78, 5) is 38.1. The van der Waals surface area contributed by atoms with Crippen LogP contribution in [-0.2, 0) is 9.53 Å². The van der Waals surface area contributed by atoms with E-state index in [0.29, 0.717) is 43.7 Å². The Hall–Kier alpha value is -4.69. The molecule has 40 heavy (non-hydrogen) atoms. The predicted octanol–water partition coefficient (Wildman–Crippen LogP) is 2.76. The molecule has 3 aliphatic rings. The fourth-order valence-corrected chi connectivity index (χ4v) is 4.84. The molecule has 1 aromatic carbocycles. The molecule has 5 rings (SSSR count). The van der Waals surface area contributed by atoms with Crippen molar-refractivity contribution in [1.82, 2.24) is 25.5 Å². The number of anilines is 2. The molecule has 2 fully saturated rings. The van der Waals surface area contributed by atoms with Crippen molar-refractivity contribution >= 4 is 28.9 Å². The molecule has 1 aromatic heterocycles. The summed E-state index contributed by atoms with van der Waals surface area (Å²) in [6.45, 7) is 2.15. The SMILES string of the molecule is CC(=O)NC[C@H]1CN(c2cc(F)c(N3CCC(n4nnc(C5=CCC=C([N+](=O)[O-])C=C5)n4)CC3)c(F)c2)C(=O)O1. The van der Waals surface area contributed by atoms with Crippen molar-refractivity contribution in [1.29, 1.82) is 0 Å². The van der Waals surface area contributed by atoms with Gasteiger partial charge in [0, 0.05) is 43.8 Å². The van der Waals surface area contributed by atoms with E-state index in [1.807, 2.05) is 0 Å². The number of hydrogen-bond acceptors (Lipinski definition) is 9. The molecule has 1 aliphatic carbocycles. The third kappa shape index (κ3) is 5.67. The first-order valence-electron chi connectivity index (χ1n) is 12.7. The average molecular weight is 557 g/mol. The molecule has 210 valence electrons. The van der Waals surface area contributed by atoms with Crippen LogP contribution in [0.1, 0.15) is 38.1 Å². The number of nitrogens with one attached hydrogen (secondary N) is 1. The number of allylic oxidation sites excluding steroid dienone is 5. The highest BCUT2D eigenvalue weighted by Crippen LogP contribution is 2.34. The predicted molar refractivity (Wildman–Crippen MR) is 138 cm³/mol. The molecule has 0 bridgehead atoms. The van der Waals surface area contributed by atoms with E-state index >= 15 is 8.78 Å². The molecule has 0 spiro atoms. The molecule has 2 aromatic rings. The molecule has 0 saturated carbocycles. The standard InChI is InChI=1S/C25H26F2N8O5/c1-15(36)28-13-20-14-33(25(37)40-20)19-11-21(26)23(22(27)12-19)32-9-7-17(8-10-32)34-30-24(29-31-34)16-3-2-4-18(6-5-16)35(38)39/h3-6,11-12,17,20H,2,7-10,13-14H2,1H3,(H,28,36)/t20-/m0/s1. The highest BCUT2D eigenvalue weighted by molar-refractivity contribution is 5.90. The second-order valence-electron chi connectivity index (χ2n) is 9.58. The fourth-order valence-electron chi connectivity index (χ4n) is 4.84. The first kappa shape index (κ1) is 26.9. The number of ether oxygens (including phenoxy) is 1. The Morgan fingerprint density at radius 2 is 1.93 bits per heavy atom. The molecule has 15 heteroatoms. The number of amides is 2. The van der Waals surface area contributed by atoms with Crippen LogP contribution in [-0.4, -0.2) is 69.4 Å².